The fourth-order valence-electron chi connectivity index (χ4n) is 3.74. The van der Waals surface area contributed by atoms with Crippen LogP contribution in [0.1, 0.15) is 37.2 Å². The molecule has 1 aromatic heterocycles. The summed E-state index contributed by atoms with van der Waals surface area (Å²) in [7, 11) is 0. The van der Waals surface area contributed by atoms with E-state index in [1.165, 1.54) is 0 Å². The predicted octanol–water partition coefficient (Wildman–Crippen LogP) is 4.42. The van der Waals surface area contributed by atoms with Crippen molar-refractivity contribution in [2.75, 3.05) is 6.54 Å². The van der Waals surface area contributed by atoms with Crippen LogP contribution in [-0.4, -0.2) is 26.9 Å². The van der Waals surface area contributed by atoms with Gasteiger partial charge in [-0.1, -0.05) is 35.9 Å². The highest BCUT2D eigenvalue weighted by molar-refractivity contribution is 6.30. The van der Waals surface area contributed by atoms with E-state index in [0.717, 1.165) is 46.8 Å². The summed E-state index contributed by atoms with van der Waals surface area (Å²) in [5.74, 6) is 1.08. The number of aromatic nitrogens is 2. The molecule has 1 amide bonds. The van der Waals surface area contributed by atoms with Crippen molar-refractivity contribution < 1.29 is 4.79 Å². The topological polar surface area (TPSA) is 38.1 Å². The van der Waals surface area contributed by atoms with Crippen LogP contribution in [0.4, 0.5) is 0 Å². The number of hydrogen-bond donors (Lipinski definition) is 0. The smallest absolute Gasteiger partial charge is 0.220 e. The van der Waals surface area contributed by atoms with Crippen molar-refractivity contribution >= 4 is 28.5 Å². The van der Waals surface area contributed by atoms with E-state index < -0.39 is 0 Å². The maximum Gasteiger partial charge on any atom is 0.220 e. The highest BCUT2D eigenvalue weighted by Gasteiger charge is 2.32. The minimum absolute atomic E-state index is 0.0454. The van der Waals surface area contributed by atoms with Crippen molar-refractivity contribution in [1.82, 2.24) is 14.5 Å². The number of likely N-dealkylation sites (tertiary alicyclic amines) is 1. The highest BCUT2D eigenvalue weighted by atomic mass is 35.5. The zero-order valence-electron chi connectivity index (χ0n) is 14.2. The van der Waals surface area contributed by atoms with E-state index in [-0.39, 0.29) is 11.9 Å². The van der Waals surface area contributed by atoms with Gasteiger partial charge in [-0.3, -0.25) is 4.79 Å². The molecule has 0 spiro atoms. The van der Waals surface area contributed by atoms with Crippen molar-refractivity contribution in [2.45, 2.75) is 32.4 Å². The van der Waals surface area contributed by atoms with Crippen LogP contribution in [0.2, 0.25) is 5.02 Å². The minimum atomic E-state index is 0.0454. The molecule has 4 nitrogen and oxygen atoms in total. The van der Waals surface area contributed by atoms with Gasteiger partial charge < -0.3 is 9.47 Å². The molecule has 0 aliphatic carbocycles. The predicted molar refractivity (Wildman–Crippen MR) is 99.6 cm³/mol. The molecule has 1 fully saturated rings. The summed E-state index contributed by atoms with van der Waals surface area (Å²) >= 11 is 6.16. The number of carbonyl (C=O) groups excluding carboxylic acids is 1. The number of imidazole rings is 1. The van der Waals surface area contributed by atoms with Crippen molar-refractivity contribution in [1.29, 1.82) is 0 Å². The SMILES string of the molecule is CC(=O)N1CCC[C@H]1c1nc2ccccc2n1Cc1cccc(Cl)c1. The van der Waals surface area contributed by atoms with Crippen LogP contribution in [-0.2, 0) is 11.3 Å². The van der Waals surface area contributed by atoms with E-state index in [4.69, 9.17) is 16.6 Å². The van der Waals surface area contributed by atoms with Gasteiger partial charge in [0, 0.05) is 25.0 Å². The van der Waals surface area contributed by atoms with Gasteiger partial charge in [0.1, 0.15) is 5.82 Å². The molecule has 25 heavy (non-hydrogen) atoms. The molecule has 0 unspecified atom stereocenters. The number of rotatable bonds is 3. The Morgan fingerprint density at radius 3 is 2.88 bits per heavy atom. The zero-order chi connectivity index (χ0) is 17.4. The number of benzene rings is 2. The first kappa shape index (κ1) is 16.2. The molecule has 0 N–H and O–H groups in total. The monoisotopic (exact) mass is 353 g/mol. The van der Waals surface area contributed by atoms with E-state index in [1.807, 2.05) is 41.3 Å². The minimum Gasteiger partial charge on any atom is -0.333 e. The van der Waals surface area contributed by atoms with Gasteiger partial charge in [-0.2, -0.15) is 0 Å². The second-order valence-electron chi connectivity index (χ2n) is 6.55. The maximum atomic E-state index is 12.0. The molecule has 128 valence electrons. The largest absolute Gasteiger partial charge is 0.333 e. The molecule has 1 saturated heterocycles. The number of halogens is 1. The lowest BCUT2D eigenvalue weighted by molar-refractivity contribution is -0.129. The molecular formula is C20H20ClN3O. The molecule has 1 aliphatic heterocycles. The van der Waals surface area contributed by atoms with E-state index in [2.05, 4.69) is 16.7 Å². The molecular weight excluding hydrogens is 334 g/mol. The van der Waals surface area contributed by atoms with Gasteiger partial charge in [-0.25, -0.2) is 4.98 Å². The average molecular weight is 354 g/mol. The van der Waals surface area contributed by atoms with Crippen LogP contribution in [0.5, 0.6) is 0 Å². The third-order valence-electron chi connectivity index (χ3n) is 4.87. The van der Waals surface area contributed by atoms with Crippen LogP contribution in [0.3, 0.4) is 0 Å². The van der Waals surface area contributed by atoms with Crippen molar-refractivity contribution in [3.05, 3.63) is 64.9 Å². The summed E-state index contributed by atoms with van der Waals surface area (Å²) in [6.07, 6.45) is 1.98. The van der Waals surface area contributed by atoms with E-state index in [0.29, 0.717) is 6.54 Å². The van der Waals surface area contributed by atoms with Crippen LogP contribution < -0.4 is 0 Å². The van der Waals surface area contributed by atoms with Gasteiger partial charge in [0.15, 0.2) is 0 Å². The lowest BCUT2D eigenvalue weighted by Gasteiger charge is -2.24. The summed E-state index contributed by atoms with van der Waals surface area (Å²) in [5.41, 5.74) is 3.19. The van der Waals surface area contributed by atoms with Crippen LogP contribution in [0.15, 0.2) is 48.5 Å². The Hall–Kier alpha value is -2.33. The molecule has 2 aromatic carbocycles. The Morgan fingerprint density at radius 2 is 2.08 bits per heavy atom. The van der Waals surface area contributed by atoms with Crippen molar-refractivity contribution in [3.8, 4) is 0 Å². The Bertz CT molecular complexity index is 934. The summed E-state index contributed by atoms with van der Waals surface area (Å²) in [5, 5.41) is 0.731. The summed E-state index contributed by atoms with van der Waals surface area (Å²) in [4.78, 5) is 18.9. The first-order valence-corrected chi connectivity index (χ1v) is 8.98. The number of para-hydroxylation sites is 2. The molecule has 0 saturated carbocycles. The molecule has 2 heterocycles. The molecule has 1 atom stereocenters. The number of fused-ring (bicyclic) bond motifs is 1. The summed E-state index contributed by atoms with van der Waals surface area (Å²) in [6.45, 7) is 3.14. The standard InChI is InChI=1S/C20H20ClN3O/c1-14(25)23-11-5-10-19(23)20-22-17-8-2-3-9-18(17)24(20)13-15-6-4-7-16(21)12-15/h2-4,6-9,12,19H,5,10-11,13H2,1H3/t19-/m0/s1. The summed E-state index contributed by atoms with van der Waals surface area (Å²) in [6, 6.07) is 16.1. The first-order chi connectivity index (χ1) is 12.1. The molecule has 5 heteroatoms. The van der Waals surface area contributed by atoms with Gasteiger partial charge in [0.25, 0.3) is 0 Å². The van der Waals surface area contributed by atoms with Crippen LogP contribution in [0, 0.1) is 0 Å². The van der Waals surface area contributed by atoms with Gasteiger partial charge in [0.05, 0.1) is 17.1 Å². The van der Waals surface area contributed by atoms with E-state index in [1.54, 1.807) is 6.92 Å². The fourth-order valence-corrected chi connectivity index (χ4v) is 3.96. The van der Waals surface area contributed by atoms with Gasteiger partial charge in [0.2, 0.25) is 5.91 Å². The number of carbonyl (C=O) groups is 1. The maximum absolute atomic E-state index is 12.0. The molecule has 3 aromatic rings. The number of nitrogens with zero attached hydrogens (tertiary/aromatic N) is 3. The Balaban J connectivity index is 1.82. The summed E-state index contributed by atoms with van der Waals surface area (Å²) < 4.78 is 2.23. The van der Waals surface area contributed by atoms with Crippen LogP contribution >= 0.6 is 11.6 Å². The van der Waals surface area contributed by atoms with Gasteiger partial charge >= 0.3 is 0 Å². The quantitative estimate of drug-likeness (QED) is 0.699. The van der Waals surface area contributed by atoms with Gasteiger partial charge in [-0.15, -0.1) is 0 Å². The molecule has 4 rings (SSSR count). The normalized spacial score (nSPS) is 17.4. The second-order valence-corrected chi connectivity index (χ2v) is 6.98. The van der Waals surface area contributed by atoms with Crippen molar-refractivity contribution in [2.24, 2.45) is 0 Å². The van der Waals surface area contributed by atoms with E-state index >= 15 is 0 Å². The number of amides is 1. The third kappa shape index (κ3) is 3.02. The first-order valence-electron chi connectivity index (χ1n) is 8.60. The third-order valence-corrected chi connectivity index (χ3v) is 5.10. The van der Waals surface area contributed by atoms with E-state index in [9.17, 15) is 4.79 Å². The van der Waals surface area contributed by atoms with Gasteiger partial charge in [-0.05, 0) is 42.7 Å². The lowest BCUT2D eigenvalue weighted by atomic mass is 10.2. The lowest BCUT2D eigenvalue weighted by Crippen LogP contribution is -2.30. The molecule has 1 aliphatic rings. The Labute approximate surface area is 152 Å². The molecule has 0 bridgehead atoms. The van der Waals surface area contributed by atoms with Crippen LogP contribution in [0.25, 0.3) is 11.0 Å². The zero-order valence-corrected chi connectivity index (χ0v) is 14.9. The number of hydrogen-bond acceptors (Lipinski definition) is 2. The Kier molecular flexibility index (Phi) is 4.22. The molecule has 0 radical (unpaired) electrons. The fraction of sp³-hybridized carbons (Fsp3) is 0.300. The highest BCUT2D eigenvalue weighted by Crippen LogP contribution is 2.34. The average Bonchev–Trinajstić information content (AvgIpc) is 3.20. The second kappa shape index (κ2) is 6.52. The van der Waals surface area contributed by atoms with Crippen molar-refractivity contribution in [3.63, 3.8) is 0 Å². The Morgan fingerprint density at radius 1 is 1.24 bits per heavy atom.